The lowest BCUT2D eigenvalue weighted by Gasteiger charge is -2.38. The molecule has 3 nitrogen and oxygen atoms in total. The number of hydrogen-bond donors (Lipinski definition) is 0. The molecular weight excluding hydrogens is 214 g/mol. The van der Waals surface area contributed by atoms with E-state index < -0.39 is 0 Å². The molecule has 1 spiro atoms. The average Bonchev–Trinajstić information content (AvgIpc) is 2.79. The zero-order valence-electron chi connectivity index (χ0n) is 10.3. The van der Waals surface area contributed by atoms with Crippen molar-refractivity contribution >= 4 is 5.69 Å². The van der Waals surface area contributed by atoms with Gasteiger partial charge in [0.25, 0.3) is 0 Å². The molecule has 0 atom stereocenters. The fraction of sp³-hybridized carbons (Fsp3) is 0.571. The van der Waals surface area contributed by atoms with Gasteiger partial charge in [0.05, 0.1) is 13.2 Å². The van der Waals surface area contributed by atoms with Crippen LogP contribution in [0.4, 0.5) is 5.69 Å². The summed E-state index contributed by atoms with van der Waals surface area (Å²) in [6.45, 7) is 5.68. The minimum absolute atomic E-state index is 0.264. The Labute approximate surface area is 102 Å². The first kappa shape index (κ1) is 11.1. The van der Waals surface area contributed by atoms with Crippen LogP contribution < -0.4 is 4.90 Å². The number of anilines is 1. The molecule has 1 aromatic rings. The quantitative estimate of drug-likeness (QED) is 0.743. The van der Waals surface area contributed by atoms with Gasteiger partial charge in [-0.15, -0.1) is 0 Å². The van der Waals surface area contributed by atoms with E-state index in [1.165, 1.54) is 11.3 Å². The van der Waals surface area contributed by atoms with E-state index in [0.29, 0.717) is 0 Å². The van der Waals surface area contributed by atoms with Gasteiger partial charge in [0.2, 0.25) is 0 Å². The number of rotatable bonds is 1. The third kappa shape index (κ3) is 2.17. The first-order chi connectivity index (χ1) is 8.27. The molecule has 1 aromatic carbocycles. The number of piperidine rings is 1. The molecule has 2 heterocycles. The van der Waals surface area contributed by atoms with E-state index in [1.54, 1.807) is 0 Å². The van der Waals surface area contributed by atoms with E-state index in [2.05, 4.69) is 36.1 Å². The monoisotopic (exact) mass is 233 g/mol. The second-order valence-electron chi connectivity index (χ2n) is 4.93. The minimum Gasteiger partial charge on any atom is -0.371 e. The molecule has 0 aliphatic carbocycles. The minimum atomic E-state index is -0.264. The molecule has 0 saturated carbocycles. The maximum absolute atomic E-state index is 5.74. The first-order valence-electron chi connectivity index (χ1n) is 6.37. The van der Waals surface area contributed by atoms with Crippen molar-refractivity contribution in [1.29, 1.82) is 0 Å². The molecule has 2 aliphatic rings. The number of benzene rings is 1. The maximum atomic E-state index is 5.74. The van der Waals surface area contributed by atoms with Crippen LogP contribution in [-0.4, -0.2) is 32.1 Å². The van der Waals surface area contributed by atoms with E-state index in [0.717, 1.165) is 39.1 Å². The van der Waals surface area contributed by atoms with Gasteiger partial charge in [0.15, 0.2) is 5.79 Å². The van der Waals surface area contributed by atoms with Gasteiger partial charge in [-0.25, -0.2) is 0 Å². The molecule has 0 N–H and O–H groups in total. The van der Waals surface area contributed by atoms with E-state index in [-0.39, 0.29) is 5.79 Å². The van der Waals surface area contributed by atoms with Crippen molar-refractivity contribution in [3.8, 4) is 0 Å². The van der Waals surface area contributed by atoms with E-state index in [9.17, 15) is 0 Å². The summed E-state index contributed by atoms with van der Waals surface area (Å²) in [7, 11) is 0. The predicted octanol–water partition coefficient (Wildman–Crippen LogP) is 2.34. The molecule has 3 rings (SSSR count). The number of nitrogens with zero attached hydrogens (tertiary/aromatic N) is 1. The molecule has 2 saturated heterocycles. The number of hydrogen-bond acceptors (Lipinski definition) is 3. The lowest BCUT2D eigenvalue weighted by molar-refractivity contribution is -0.169. The summed E-state index contributed by atoms with van der Waals surface area (Å²) < 4.78 is 11.5. The van der Waals surface area contributed by atoms with Crippen LogP contribution in [0.15, 0.2) is 24.3 Å². The zero-order valence-corrected chi connectivity index (χ0v) is 10.3. The highest BCUT2D eigenvalue weighted by Gasteiger charge is 2.39. The van der Waals surface area contributed by atoms with Crippen molar-refractivity contribution in [2.24, 2.45) is 0 Å². The van der Waals surface area contributed by atoms with Gasteiger partial charge in [-0.1, -0.05) is 12.1 Å². The zero-order chi connectivity index (χ0) is 11.7. The van der Waals surface area contributed by atoms with Crippen LogP contribution in [0, 0.1) is 6.92 Å². The average molecular weight is 233 g/mol. The lowest BCUT2D eigenvalue weighted by Crippen LogP contribution is -2.45. The van der Waals surface area contributed by atoms with E-state index >= 15 is 0 Å². The largest absolute Gasteiger partial charge is 0.371 e. The molecule has 3 heteroatoms. The normalized spacial score (nSPS) is 23.2. The third-order valence-corrected chi connectivity index (χ3v) is 3.71. The number of aryl methyl sites for hydroxylation is 1. The van der Waals surface area contributed by atoms with Crippen molar-refractivity contribution in [3.05, 3.63) is 29.8 Å². The highest BCUT2D eigenvalue weighted by atomic mass is 16.7. The van der Waals surface area contributed by atoms with Crippen LogP contribution in [-0.2, 0) is 9.47 Å². The standard InChI is InChI=1S/C14H19NO2/c1-12-3-2-4-13(11-12)15-7-5-14(6-8-15)16-9-10-17-14/h2-4,11H,5-10H2,1H3. The Hall–Kier alpha value is -1.06. The molecular formula is C14H19NO2. The second kappa shape index (κ2) is 4.31. The Bertz CT molecular complexity index is 389. The number of ether oxygens (including phenoxy) is 2. The molecule has 0 bridgehead atoms. The smallest absolute Gasteiger partial charge is 0.171 e. The summed E-state index contributed by atoms with van der Waals surface area (Å²) in [4.78, 5) is 2.42. The summed E-state index contributed by atoms with van der Waals surface area (Å²) in [5, 5.41) is 0. The fourth-order valence-corrected chi connectivity index (χ4v) is 2.72. The molecule has 92 valence electrons. The van der Waals surface area contributed by atoms with Gasteiger partial charge in [-0.2, -0.15) is 0 Å². The van der Waals surface area contributed by atoms with Gasteiger partial charge < -0.3 is 14.4 Å². The van der Waals surface area contributed by atoms with Crippen molar-refractivity contribution in [2.75, 3.05) is 31.2 Å². The molecule has 0 aromatic heterocycles. The second-order valence-corrected chi connectivity index (χ2v) is 4.93. The van der Waals surface area contributed by atoms with Crippen LogP contribution in [0.3, 0.4) is 0 Å². The van der Waals surface area contributed by atoms with Gasteiger partial charge >= 0.3 is 0 Å². The summed E-state index contributed by atoms with van der Waals surface area (Å²) >= 11 is 0. The summed E-state index contributed by atoms with van der Waals surface area (Å²) in [6.07, 6.45) is 1.95. The van der Waals surface area contributed by atoms with Crippen LogP contribution >= 0.6 is 0 Å². The molecule has 0 unspecified atom stereocenters. The maximum Gasteiger partial charge on any atom is 0.171 e. The molecule has 17 heavy (non-hydrogen) atoms. The van der Waals surface area contributed by atoms with E-state index in [1.807, 2.05) is 0 Å². The van der Waals surface area contributed by atoms with E-state index in [4.69, 9.17) is 9.47 Å². The van der Waals surface area contributed by atoms with Crippen molar-refractivity contribution in [1.82, 2.24) is 0 Å². The van der Waals surface area contributed by atoms with Gasteiger partial charge in [-0.3, -0.25) is 0 Å². The Morgan fingerprint density at radius 2 is 1.82 bits per heavy atom. The highest BCUT2D eigenvalue weighted by Crippen LogP contribution is 2.33. The van der Waals surface area contributed by atoms with Gasteiger partial charge in [0, 0.05) is 31.6 Å². The van der Waals surface area contributed by atoms with Crippen LogP contribution in [0.5, 0.6) is 0 Å². The van der Waals surface area contributed by atoms with Crippen LogP contribution in [0.2, 0.25) is 0 Å². The molecule has 2 aliphatic heterocycles. The summed E-state index contributed by atoms with van der Waals surface area (Å²) in [6, 6.07) is 8.69. The predicted molar refractivity (Wildman–Crippen MR) is 67.3 cm³/mol. The summed E-state index contributed by atoms with van der Waals surface area (Å²) in [5.74, 6) is -0.264. The lowest BCUT2D eigenvalue weighted by atomic mass is 10.0. The summed E-state index contributed by atoms with van der Waals surface area (Å²) in [5.41, 5.74) is 2.63. The third-order valence-electron chi connectivity index (χ3n) is 3.71. The van der Waals surface area contributed by atoms with Crippen molar-refractivity contribution < 1.29 is 9.47 Å². The van der Waals surface area contributed by atoms with Crippen molar-refractivity contribution in [2.45, 2.75) is 25.6 Å². The Kier molecular flexibility index (Phi) is 2.81. The Morgan fingerprint density at radius 1 is 1.12 bits per heavy atom. The topological polar surface area (TPSA) is 21.7 Å². The Balaban J connectivity index is 1.68. The molecule has 0 amide bonds. The molecule has 0 radical (unpaired) electrons. The van der Waals surface area contributed by atoms with Gasteiger partial charge in [0.1, 0.15) is 0 Å². The van der Waals surface area contributed by atoms with Crippen molar-refractivity contribution in [3.63, 3.8) is 0 Å². The van der Waals surface area contributed by atoms with Crippen LogP contribution in [0.1, 0.15) is 18.4 Å². The van der Waals surface area contributed by atoms with Gasteiger partial charge in [-0.05, 0) is 24.6 Å². The van der Waals surface area contributed by atoms with Crippen LogP contribution in [0.25, 0.3) is 0 Å². The molecule has 2 fully saturated rings. The highest BCUT2D eigenvalue weighted by molar-refractivity contribution is 5.48. The SMILES string of the molecule is Cc1cccc(N2CCC3(CC2)OCCO3)c1. The fourth-order valence-electron chi connectivity index (χ4n) is 2.72. The Morgan fingerprint density at radius 3 is 2.47 bits per heavy atom. The first-order valence-corrected chi connectivity index (χ1v) is 6.37.